The summed E-state index contributed by atoms with van der Waals surface area (Å²) in [5, 5.41) is 3.63. The van der Waals surface area contributed by atoms with Gasteiger partial charge in [-0.3, -0.25) is 0 Å². The number of hydrogen-bond acceptors (Lipinski definition) is 2. The summed E-state index contributed by atoms with van der Waals surface area (Å²) in [4.78, 5) is 0. The minimum atomic E-state index is 0.121. The van der Waals surface area contributed by atoms with Crippen molar-refractivity contribution in [3.63, 3.8) is 0 Å². The van der Waals surface area contributed by atoms with Crippen LogP contribution in [0.25, 0.3) is 0 Å². The van der Waals surface area contributed by atoms with E-state index >= 15 is 0 Å². The average Bonchev–Trinajstić information content (AvgIpc) is 2.52. The van der Waals surface area contributed by atoms with Crippen LogP contribution in [-0.4, -0.2) is 13.7 Å². The number of nitrogens with one attached hydrogen (secondary N) is 1. The predicted molar refractivity (Wildman–Crippen MR) is 92.0 cm³/mol. The van der Waals surface area contributed by atoms with E-state index in [1.54, 1.807) is 7.11 Å². The summed E-state index contributed by atoms with van der Waals surface area (Å²) in [7, 11) is 1.72. The number of methoxy groups -OCH3 is 1. The predicted octanol–water partition coefficient (Wildman–Crippen LogP) is 4.86. The molecule has 0 amide bonds. The molecule has 0 aromatic heterocycles. The molecule has 0 saturated carbocycles. The lowest BCUT2D eigenvalue weighted by Gasteiger charge is -2.23. The van der Waals surface area contributed by atoms with Crippen molar-refractivity contribution in [1.29, 1.82) is 0 Å². The number of ether oxygens (including phenoxy) is 1. The van der Waals surface area contributed by atoms with Crippen LogP contribution in [0.5, 0.6) is 5.75 Å². The second kappa shape index (κ2) is 7.62. The van der Waals surface area contributed by atoms with Gasteiger partial charge >= 0.3 is 0 Å². The summed E-state index contributed by atoms with van der Waals surface area (Å²) in [5.41, 5.74) is 3.65. The molecule has 0 heterocycles. The molecule has 112 valence electrons. The van der Waals surface area contributed by atoms with Crippen LogP contribution in [0.1, 0.15) is 36.1 Å². The van der Waals surface area contributed by atoms with Gasteiger partial charge in [-0.2, -0.15) is 0 Å². The Balaban J connectivity index is 2.50. The molecule has 1 N–H and O–H groups in total. The van der Waals surface area contributed by atoms with Crippen LogP contribution >= 0.6 is 15.9 Å². The molecule has 2 aromatic rings. The lowest BCUT2D eigenvalue weighted by atomic mass is 9.96. The smallest absolute Gasteiger partial charge is 0.123 e. The summed E-state index contributed by atoms with van der Waals surface area (Å²) in [5.74, 6) is 0.916. The van der Waals surface area contributed by atoms with Crippen molar-refractivity contribution in [2.24, 2.45) is 0 Å². The number of para-hydroxylation sites is 1. The second-order valence-corrected chi connectivity index (χ2v) is 5.90. The van der Waals surface area contributed by atoms with Crippen LogP contribution in [0.2, 0.25) is 0 Å². The quantitative estimate of drug-likeness (QED) is 0.805. The Hall–Kier alpha value is -1.32. The Kier molecular flexibility index (Phi) is 5.83. The molecular weight excluding hydrogens is 326 g/mol. The van der Waals surface area contributed by atoms with E-state index in [4.69, 9.17) is 4.74 Å². The molecule has 0 radical (unpaired) electrons. The van der Waals surface area contributed by atoms with Crippen LogP contribution in [0.4, 0.5) is 0 Å². The molecule has 2 nitrogen and oxygen atoms in total. The summed E-state index contributed by atoms with van der Waals surface area (Å²) in [6.07, 6.45) is 1.09. The topological polar surface area (TPSA) is 21.3 Å². The molecule has 0 fully saturated rings. The van der Waals surface area contributed by atoms with E-state index in [1.165, 1.54) is 16.7 Å². The highest BCUT2D eigenvalue weighted by Crippen LogP contribution is 2.34. The van der Waals surface area contributed by atoms with Gasteiger partial charge in [0.05, 0.1) is 13.2 Å². The van der Waals surface area contributed by atoms with Gasteiger partial charge in [0, 0.05) is 10.0 Å². The summed E-state index contributed by atoms with van der Waals surface area (Å²) in [6.45, 7) is 5.26. The lowest BCUT2D eigenvalue weighted by molar-refractivity contribution is 0.403. The second-order valence-electron chi connectivity index (χ2n) is 5.11. The standard InChI is InChI=1S/C18H22BrNO/c1-4-12-20-18(14-9-5-6-11-16(14)21-3)15-10-7-8-13(2)17(15)19/h5-11,18,20H,4,12H2,1-3H3. The zero-order chi connectivity index (χ0) is 15.2. The first-order valence-corrected chi connectivity index (χ1v) is 8.09. The minimum Gasteiger partial charge on any atom is -0.496 e. The Labute approximate surface area is 135 Å². The van der Waals surface area contributed by atoms with Crippen LogP contribution in [0.15, 0.2) is 46.9 Å². The fourth-order valence-electron chi connectivity index (χ4n) is 2.47. The van der Waals surface area contributed by atoms with Gasteiger partial charge in [0.2, 0.25) is 0 Å². The highest BCUT2D eigenvalue weighted by Gasteiger charge is 2.20. The third-order valence-corrected chi connectivity index (χ3v) is 4.66. The zero-order valence-corrected chi connectivity index (χ0v) is 14.4. The monoisotopic (exact) mass is 347 g/mol. The summed E-state index contributed by atoms with van der Waals surface area (Å²) < 4.78 is 6.70. The van der Waals surface area contributed by atoms with E-state index in [0.717, 1.165) is 23.2 Å². The third kappa shape index (κ3) is 3.66. The largest absolute Gasteiger partial charge is 0.496 e. The van der Waals surface area contributed by atoms with Crippen molar-refractivity contribution in [3.8, 4) is 5.75 Å². The molecule has 0 aliphatic carbocycles. The van der Waals surface area contributed by atoms with Crippen molar-refractivity contribution in [1.82, 2.24) is 5.32 Å². The molecular formula is C18H22BrNO. The Morgan fingerprint density at radius 2 is 1.81 bits per heavy atom. The molecule has 0 bridgehead atoms. The number of aryl methyl sites for hydroxylation is 1. The normalized spacial score (nSPS) is 12.2. The first-order chi connectivity index (χ1) is 10.2. The van der Waals surface area contributed by atoms with Gasteiger partial charge in [-0.1, -0.05) is 59.3 Å². The molecule has 21 heavy (non-hydrogen) atoms. The van der Waals surface area contributed by atoms with Crippen LogP contribution < -0.4 is 10.1 Å². The van der Waals surface area contributed by atoms with E-state index in [1.807, 2.05) is 12.1 Å². The van der Waals surface area contributed by atoms with Crippen LogP contribution in [-0.2, 0) is 0 Å². The van der Waals surface area contributed by atoms with Crippen molar-refractivity contribution in [2.75, 3.05) is 13.7 Å². The van der Waals surface area contributed by atoms with Crippen molar-refractivity contribution in [3.05, 3.63) is 63.6 Å². The molecule has 2 rings (SSSR count). The fraction of sp³-hybridized carbons (Fsp3) is 0.333. The Morgan fingerprint density at radius 3 is 2.52 bits per heavy atom. The van der Waals surface area contributed by atoms with Gasteiger partial charge in [0.1, 0.15) is 5.75 Å². The lowest BCUT2D eigenvalue weighted by Crippen LogP contribution is -2.24. The van der Waals surface area contributed by atoms with Gasteiger partial charge < -0.3 is 10.1 Å². The van der Waals surface area contributed by atoms with E-state index < -0.39 is 0 Å². The van der Waals surface area contributed by atoms with E-state index in [0.29, 0.717) is 0 Å². The SMILES string of the molecule is CCCNC(c1ccccc1OC)c1cccc(C)c1Br. The number of benzene rings is 2. The maximum Gasteiger partial charge on any atom is 0.123 e. The molecule has 0 aliphatic rings. The number of hydrogen-bond donors (Lipinski definition) is 1. The molecule has 1 unspecified atom stereocenters. The molecule has 0 aliphatic heterocycles. The van der Waals surface area contributed by atoms with Crippen molar-refractivity contribution in [2.45, 2.75) is 26.3 Å². The Morgan fingerprint density at radius 1 is 1.10 bits per heavy atom. The number of halogens is 1. The minimum absolute atomic E-state index is 0.121. The van der Waals surface area contributed by atoms with Gasteiger partial charge in [-0.15, -0.1) is 0 Å². The summed E-state index contributed by atoms with van der Waals surface area (Å²) >= 11 is 3.74. The van der Waals surface area contributed by atoms with Crippen LogP contribution in [0.3, 0.4) is 0 Å². The third-order valence-electron chi connectivity index (χ3n) is 3.58. The molecule has 0 saturated heterocycles. The molecule has 2 aromatic carbocycles. The van der Waals surface area contributed by atoms with Gasteiger partial charge in [-0.25, -0.2) is 0 Å². The van der Waals surface area contributed by atoms with Gasteiger partial charge in [-0.05, 0) is 37.1 Å². The fourth-order valence-corrected chi connectivity index (χ4v) is 2.97. The molecule has 3 heteroatoms. The Bertz CT molecular complexity index is 598. The molecule has 1 atom stereocenters. The maximum atomic E-state index is 5.54. The average molecular weight is 348 g/mol. The van der Waals surface area contributed by atoms with E-state index in [2.05, 4.69) is 65.4 Å². The van der Waals surface area contributed by atoms with Gasteiger partial charge in [0.25, 0.3) is 0 Å². The molecule has 0 spiro atoms. The number of rotatable bonds is 6. The van der Waals surface area contributed by atoms with Crippen LogP contribution in [0, 0.1) is 6.92 Å². The maximum absolute atomic E-state index is 5.54. The van der Waals surface area contributed by atoms with E-state index in [9.17, 15) is 0 Å². The highest BCUT2D eigenvalue weighted by atomic mass is 79.9. The zero-order valence-electron chi connectivity index (χ0n) is 12.8. The van der Waals surface area contributed by atoms with E-state index in [-0.39, 0.29) is 6.04 Å². The van der Waals surface area contributed by atoms with Crippen molar-refractivity contribution < 1.29 is 4.74 Å². The highest BCUT2D eigenvalue weighted by molar-refractivity contribution is 9.10. The first-order valence-electron chi connectivity index (χ1n) is 7.30. The van der Waals surface area contributed by atoms with Gasteiger partial charge in [0.15, 0.2) is 0 Å². The summed E-state index contributed by atoms with van der Waals surface area (Å²) in [6, 6.07) is 14.7. The first kappa shape index (κ1) is 16.1. The van der Waals surface area contributed by atoms with Crippen molar-refractivity contribution >= 4 is 15.9 Å².